The first-order valence-electron chi connectivity index (χ1n) is 11.3. The summed E-state index contributed by atoms with van der Waals surface area (Å²) in [5.74, 6) is 1.70. The Morgan fingerprint density at radius 2 is 2.00 bits per heavy atom. The standard InChI is InChI=1S/C25H33N3O3S/c1-6-18-13-20(12-16(4)21(18)7-8-23(30)26-9-10-29)24-27-25(31-28-24)22-14-19(11-15(2)3)17(5)32-22/h12-15,29H,6-11H2,1-5H3,(H,26,30). The van der Waals surface area contributed by atoms with E-state index in [1.807, 2.05) is 0 Å². The van der Waals surface area contributed by atoms with Gasteiger partial charge in [-0.2, -0.15) is 4.98 Å². The number of rotatable bonds is 10. The first-order chi connectivity index (χ1) is 15.3. The van der Waals surface area contributed by atoms with Crippen LogP contribution in [0.5, 0.6) is 0 Å². The van der Waals surface area contributed by atoms with Crippen molar-refractivity contribution in [2.45, 2.75) is 60.3 Å². The lowest BCUT2D eigenvalue weighted by Gasteiger charge is -2.13. The number of carbonyl (C=O) groups is 1. The van der Waals surface area contributed by atoms with Crippen molar-refractivity contribution in [3.8, 4) is 22.2 Å². The van der Waals surface area contributed by atoms with Gasteiger partial charge in [-0.3, -0.25) is 4.79 Å². The number of benzene rings is 1. The van der Waals surface area contributed by atoms with Crippen LogP contribution >= 0.6 is 11.3 Å². The second kappa shape index (κ2) is 10.9. The number of aliphatic hydroxyl groups is 1. The molecular weight excluding hydrogens is 422 g/mol. The van der Waals surface area contributed by atoms with Crippen molar-refractivity contribution in [3.05, 3.63) is 45.3 Å². The fraction of sp³-hybridized carbons (Fsp3) is 0.480. The molecule has 0 atom stereocenters. The zero-order chi connectivity index (χ0) is 23.3. The van der Waals surface area contributed by atoms with Crippen molar-refractivity contribution >= 4 is 17.2 Å². The molecule has 0 fully saturated rings. The molecular formula is C25H33N3O3S. The molecule has 3 rings (SSSR count). The molecule has 172 valence electrons. The first kappa shape index (κ1) is 24.1. The molecule has 2 aromatic heterocycles. The number of nitrogens with zero attached hydrogens (tertiary/aromatic N) is 2. The Hall–Kier alpha value is -2.51. The summed E-state index contributed by atoms with van der Waals surface area (Å²) in [5, 5.41) is 15.8. The van der Waals surface area contributed by atoms with Gasteiger partial charge in [0.2, 0.25) is 11.7 Å². The van der Waals surface area contributed by atoms with Gasteiger partial charge >= 0.3 is 0 Å². The molecule has 1 aromatic carbocycles. The molecule has 0 saturated carbocycles. The summed E-state index contributed by atoms with van der Waals surface area (Å²) in [6.45, 7) is 11.0. The highest BCUT2D eigenvalue weighted by molar-refractivity contribution is 7.15. The first-order valence-corrected chi connectivity index (χ1v) is 12.1. The van der Waals surface area contributed by atoms with Crippen LogP contribution in [0, 0.1) is 19.8 Å². The summed E-state index contributed by atoms with van der Waals surface area (Å²) in [6.07, 6.45) is 2.96. The van der Waals surface area contributed by atoms with Gasteiger partial charge in [0.05, 0.1) is 11.5 Å². The van der Waals surface area contributed by atoms with Crippen LogP contribution in [0.4, 0.5) is 0 Å². The van der Waals surface area contributed by atoms with Gasteiger partial charge in [0, 0.05) is 23.4 Å². The Kier molecular flexibility index (Phi) is 8.21. The molecule has 32 heavy (non-hydrogen) atoms. The summed E-state index contributed by atoms with van der Waals surface area (Å²) >= 11 is 1.70. The average molecular weight is 456 g/mol. The van der Waals surface area contributed by atoms with Crippen LogP contribution in [0.25, 0.3) is 22.2 Å². The molecule has 0 bridgehead atoms. The third-order valence-corrected chi connectivity index (χ3v) is 6.61. The monoisotopic (exact) mass is 455 g/mol. The quantitative estimate of drug-likeness (QED) is 0.455. The third kappa shape index (κ3) is 5.84. The minimum atomic E-state index is -0.0459. The van der Waals surface area contributed by atoms with Gasteiger partial charge < -0.3 is 14.9 Å². The molecule has 0 spiro atoms. The molecule has 7 heteroatoms. The van der Waals surface area contributed by atoms with Crippen LogP contribution in [-0.2, 0) is 24.1 Å². The number of carbonyl (C=O) groups excluding carboxylic acids is 1. The van der Waals surface area contributed by atoms with E-state index in [4.69, 9.17) is 9.63 Å². The van der Waals surface area contributed by atoms with E-state index in [1.165, 1.54) is 21.6 Å². The molecule has 0 saturated heterocycles. The van der Waals surface area contributed by atoms with Crippen molar-refractivity contribution in [3.63, 3.8) is 0 Å². The number of amides is 1. The van der Waals surface area contributed by atoms with E-state index in [9.17, 15) is 4.79 Å². The maximum absolute atomic E-state index is 11.9. The smallest absolute Gasteiger partial charge is 0.268 e. The maximum atomic E-state index is 11.9. The second-order valence-corrected chi connectivity index (χ2v) is 9.83. The molecule has 2 heterocycles. The van der Waals surface area contributed by atoms with E-state index in [0.717, 1.165) is 28.8 Å². The lowest BCUT2D eigenvalue weighted by Crippen LogP contribution is -2.26. The molecule has 1 amide bonds. The van der Waals surface area contributed by atoms with Crippen LogP contribution in [0.2, 0.25) is 0 Å². The summed E-state index contributed by atoms with van der Waals surface area (Å²) in [7, 11) is 0. The second-order valence-electron chi connectivity index (χ2n) is 8.57. The Labute approximate surface area is 194 Å². The number of hydrogen-bond acceptors (Lipinski definition) is 6. The zero-order valence-corrected chi connectivity index (χ0v) is 20.4. The lowest BCUT2D eigenvalue weighted by atomic mass is 9.93. The fourth-order valence-electron chi connectivity index (χ4n) is 3.92. The van der Waals surface area contributed by atoms with Gasteiger partial charge in [0.25, 0.3) is 5.89 Å². The number of nitrogens with one attached hydrogen (secondary N) is 1. The number of aromatic nitrogens is 2. The van der Waals surface area contributed by atoms with E-state index < -0.39 is 0 Å². The molecule has 0 aliphatic rings. The highest BCUT2D eigenvalue weighted by atomic mass is 32.1. The Bertz CT molecular complexity index is 1070. The van der Waals surface area contributed by atoms with Gasteiger partial charge in [0.15, 0.2) is 0 Å². The Balaban J connectivity index is 1.81. The van der Waals surface area contributed by atoms with Crippen LogP contribution in [-0.4, -0.2) is 34.3 Å². The van der Waals surface area contributed by atoms with Crippen molar-refractivity contribution in [2.75, 3.05) is 13.2 Å². The SMILES string of the molecule is CCc1cc(-c2noc(-c3cc(CC(C)C)c(C)s3)n2)cc(C)c1CCC(=O)NCCO. The maximum Gasteiger partial charge on any atom is 0.268 e. The molecule has 0 aliphatic heterocycles. The molecule has 6 nitrogen and oxygen atoms in total. The van der Waals surface area contributed by atoms with Gasteiger partial charge in [-0.25, -0.2) is 0 Å². The van der Waals surface area contributed by atoms with Crippen LogP contribution < -0.4 is 5.32 Å². The van der Waals surface area contributed by atoms with E-state index in [2.05, 4.69) is 68.3 Å². The van der Waals surface area contributed by atoms with E-state index >= 15 is 0 Å². The van der Waals surface area contributed by atoms with Gasteiger partial charge in [-0.15, -0.1) is 11.3 Å². The summed E-state index contributed by atoms with van der Waals surface area (Å²) in [5.41, 5.74) is 5.76. The fourth-order valence-corrected chi connectivity index (χ4v) is 4.90. The Morgan fingerprint density at radius 1 is 1.22 bits per heavy atom. The van der Waals surface area contributed by atoms with Crippen molar-refractivity contribution in [2.24, 2.45) is 5.92 Å². The van der Waals surface area contributed by atoms with Gasteiger partial charge in [-0.05, 0) is 79.5 Å². The van der Waals surface area contributed by atoms with Gasteiger partial charge in [-0.1, -0.05) is 25.9 Å². The van der Waals surface area contributed by atoms with Crippen molar-refractivity contribution < 1.29 is 14.4 Å². The van der Waals surface area contributed by atoms with E-state index in [0.29, 0.717) is 37.0 Å². The van der Waals surface area contributed by atoms with E-state index in [1.54, 1.807) is 11.3 Å². The highest BCUT2D eigenvalue weighted by Crippen LogP contribution is 2.33. The minimum absolute atomic E-state index is 0.0452. The summed E-state index contributed by atoms with van der Waals surface area (Å²) in [4.78, 5) is 18.9. The number of aryl methyl sites for hydroxylation is 3. The highest BCUT2D eigenvalue weighted by Gasteiger charge is 2.17. The predicted octanol–water partition coefficient (Wildman–Crippen LogP) is 4.88. The third-order valence-electron chi connectivity index (χ3n) is 5.53. The van der Waals surface area contributed by atoms with Crippen LogP contribution in [0.1, 0.15) is 54.3 Å². The predicted molar refractivity (Wildman–Crippen MR) is 129 cm³/mol. The molecule has 0 unspecified atom stereocenters. The number of thiophene rings is 1. The van der Waals surface area contributed by atoms with E-state index in [-0.39, 0.29) is 12.5 Å². The summed E-state index contributed by atoms with van der Waals surface area (Å²) < 4.78 is 5.61. The zero-order valence-electron chi connectivity index (χ0n) is 19.6. The van der Waals surface area contributed by atoms with Crippen LogP contribution in [0.15, 0.2) is 22.7 Å². The van der Waals surface area contributed by atoms with Crippen molar-refractivity contribution in [1.82, 2.24) is 15.5 Å². The van der Waals surface area contributed by atoms with Crippen molar-refractivity contribution in [1.29, 1.82) is 0 Å². The number of hydrogen-bond donors (Lipinski definition) is 2. The molecule has 3 aromatic rings. The average Bonchev–Trinajstić information content (AvgIpc) is 3.37. The van der Waals surface area contributed by atoms with Gasteiger partial charge in [0.1, 0.15) is 0 Å². The normalized spacial score (nSPS) is 11.3. The largest absolute Gasteiger partial charge is 0.395 e. The minimum Gasteiger partial charge on any atom is -0.395 e. The Morgan fingerprint density at radius 3 is 2.69 bits per heavy atom. The topological polar surface area (TPSA) is 88.2 Å². The summed E-state index contributed by atoms with van der Waals surface area (Å²) in [6, 6.07) is 6.34. The molecule has 0 radical (unpaired) electrons. The number of aliphatic hydroxyl groups excluding tert-OH is 1. The van der Waals surface area contributed by atoms with Crippen LogP contribution in [0.3, 0.4) is 0 Å². The molecule has 2 N–H and O–H groups in total. The lowest BCUT2D eigenvalue weighted by molar-refractivity contribution is -0.121. The molecule has 0 aliphatic carbocycles.